The molecular weight excluding hydrogens is 420 g/mol. The van der Waals surface area contributed by atoms with Gasteiger partial charge in [-0.1, -0.05) is 28.1 Å². The predicted octanol–water partition coefficient (Wildman–Crippen LogP) is 3.96. The quantitative estimate of drug-likeness (QED) is 0.637. The number of Topliss-reactive ketones (excluding diaryl/α,β-unsaturated/α-hetero) is 1. The summed E-state index contributed by atoms with van der Waals surface area (Å²) < 4.78 is 0.935. The number of fused-ring (bicyclic) bond motifs is 1. The van der Waals surface area contributed by atoms with E-state index in [1.807, 2.05) is 37.3 Å². The third-order valence-electron chi connectivity index (χ3n) is 4.91. The Morgan fingerprint density at radius 1 is 0.964 bits per heavy atom. The number of nitrogens with one attached hydrogen (secondary N) is 2. The molecule has 0 bridgehead atoms. The fourth-order valence-electron chi connectivity index (χ4n) is 3.35. The highest BCUT2D eigenvalue weighted by molar-refractivity contribution is 9.10. The van der Waals surface area contributed by atoms with E-state index in [4.69, 9.17) is 0 Å². The van der Waals surface area contributed by atoms with Gasteiger partial charge in [0.05, 0.1) is 6.54 Å². The molecule has 2 N–H and O–H groups in total. The maximum atomic E-state index is 12.3. The highest BCUT2D eigenvalue weighted by Gasteiger charge is 2.15. The molecule has 0 heterocycles. The van der Waals surface area contributed by atoms with Crippen LogP contribution in [-0.4, -0.2) is 24.1 Å². The first-order valence-corrected chi connectivity index (χ1v) is 10.2. The number of halogens is 1. The van der Waals surface area contributed by atoms with Crippen LogP contribution in [0.15, 0.2) is 40.9 Å². The Hall–Kier alpha value is -2.47. The standard InChI is InChI=1S/C22H23BrN2O3/c1-14-11-18(23)7-8-19(14)25-22(28)13-24-21(27)10-9-20(26)17-6-5-15-3-2-4-16(15)12-17/h5-8,11-12H,2-4,9-10,13H2,1H3,(H,24,27)(H,25,28). The van der Waals surface area contributed by atoms with Crippen LogP contribution >= 0.6 is 15.9 Å². The van der Waals surface area contributed by atoms with Crippen molar-refractivity contribution < 1.29 is 14.4 Å². The molecule has 0 radical (unpaired) electrons. The van der Waals surface area contributed by atoms with E-state index >= 15 is 0 Å². The van der Waals surface area contributed by atoms with Crippen LogP contribution in [0.25, 0.3) is 0 Å². The summed E-state index contributed by atoms with van der Waals surface area (Å²) >= 11 is 3.38. The summed E-state index contributed by atoms with van der Waals surface area (Å²) in [6.45, 7) is 1.77. The molecule has 146 valence electrons. The van der Waals surface area contributed by atoms with Gasteiger partial charge >= 0.3 is 0 Å². The summed E-state index contributed by atoms with van der Waals surface area (Å²) in [5.41, 5.74) is 4.86. The number of rotatable bonds is 7. The van der Waals surface area contributed by atoms with Gasteiger partial charge < -0.3 is 10.6 Å². The lowest BCUT2D eigenvalue weighted by Crippen LogP contribution is -2.33. The molecule has 0 saturated heterocycles. The SMILES string of the molecule is Cc1cc(Br)ccc1NC(=O)CNC(=O)CCC(=O)c1ccc2c(c1)CCC2. The number of carbonyl (C=O) groups excluding carboxylic acids is 3. The zero-order valence-corrected chi connectivity index (χ0v) is 17.4. The number of anilines is 1. The lowest BCUT2D eigenvalue weighted by Gasteiger charge is -2.10. The Morgan fingerprint density at radius 2 is 1.75 bits per heavy atom. The van der Waals surface area contributed by atoms with E-state index in [1.54, 1.807) is 6.07 Å². The maximum Gasteiger partial charge on any atom is 0.243 e. The number of benzene rings is 2. The van der Waals surface area contributed by atoms with Crippen LogP contribution in [0, 0.1) is 6.92 Å². The molecule has 3 rings (SSSR count). The van der Waals surface area contributed by atoms with Gasteiger partial charge in [-0.3, -0.25) is 14.4 Å². The zero-order chi connectivity index (χ0) is 20.1. The van der Waals surface area contributed by atoms with E-state index in [0.29, 0.717) is 11.3 Å². The van der Waals surface area contributed by atoms with Crippen molar-refractivity contribution >= 4 is 39.2 Å². The molecule has 0 fully saturated rings. The Labute approximate surface area is 173 Å². The topological polar surface area (TPSA) is 75.3 Å². The summed E-state index contributed by atoms with van der Waals surface area (Å²) in [5.74, 6) is -0.652. The number of hydrogen-bond donors (Lipinski definition) is 2. The van der Waals surface area contributed by atoms with Crippen molar-refractivity contribution in [2.75, 3.05) is 11.9 Å². The number of ketones is 1. The molecule has 28 heavy (non-hydrogen) atoms. The first-order chi connectivity index (χ1) is 13.4. The summed E-state index contributed by atoms with van der Waals surface area (Å²) in [6.07, 6.45) is 3.44. The molecule has 0 saturated carbocycles. The molecule has 6 heteroatoms. The molecule has 0 atom stereocenters. The van der Waals surface area contributed by atoms with Crippen LogP contribution in [-0.2, 0) is 22.4 Å². The highest BCUT2D eigenvalue weighted by atomic mass is 79.9. The van der Waals surface area contributed by atoms with Crippen molar-refractivity contribution in [3.63, 3.8) is 0 Å². The first kappa shape index (κ1) is 20.3. The van der Waals surface area contributed by atoms with Gasteiger partial charge in [-0.25, -0.2) is 0 Å². The average molecular weight is 443 g/mol. The van der Waals surface area contributed by atoms with E-state index in [9.17, 15) is 14.4 Å². The third kappa shape index (κ3) is 5.29. The maximum absolute atomic E-state index is 12.3. The number of aryl methyl sites for hydroxylation is 3. The van der Waals surface area contributed by atoms with Crippen molar-refractivity contribution in [2.45, 2.75) is 39.0 Å². The molecule has 0 aromatic heterocycles. The van der Waals surface area contributed by atoms with E-state index in [2.05, 4.69) is 26.6 Å². The minimum Gasteiger partial charge on any atom is -0.347 e. The minimum absolute atomic E-state index is 0.0419. The van der Waals surface area contributed by atoms with Gasteiger partial charge in [0.25, 0.3) is 0 Å². The molecule has 0 unspecified atom stereocenters. The lowest BCUT2D eigenvalue weighted by atomic mass is 10.0. The second-order valence-corrected chi connectivity index (χ2v) is 7.96. The van der Waals surface area contributed by atoms with Crippen molar-refractivity contribution in [1.82, 2.24) is 5.32 Å². The van der Waals surface area contributed by atoms with E-state index < -0.39 is 0 Å². The molecule has 5 nitrogen and oxygen atoms in total. The van der Waals surface area contributed by atoms with Gasteiger partial charge in [-0.2, -0.15) is 0 Å². The number of amides is 2. The van der Waals surface area contributed by atoms with Crippen molar-refractivity contribution in [3.05, 3.63) is 63.1 Å². The molecule has 2 amide bonds. The summed E-state index contributed by atoms with van der Waals surface area (Å²) in [7, 11) is 0. The van der Waals surface area contributed by atoms with Crippen LogP contribution in [0.1, 0.15) is 46.3 Å². The third-order valence-corrected chi connectivity index (χ3v) is 5.40. The molecule has 2 aromatic rings. The summed E-state index contributed by atoms with van der Waals surface area (Å²) in [6, 6.07) is 11.4. The first-order valence-electron chi connectivity index (χ1n) is 9.40. The van der Waals surface area contributed by atoms with Crippen LogP contribution in [0.3, 0.4) is 0 Å². The highest BCUT2D eigenvalue weighted by Crippen LogP contribution is 2.23. The van der Waals surface area contributed by atoms with Crippen molar-refractivity contribution in [2.24, 2.45) is 0 Å². The van der Waals surface area contributed by atoms with Gasteiger partial charge in [0.15, 0.2) is 5.78 Å². The minimum atomic E-state index is -0.308. The summed E-state index contributed by atoms with van der Waals surface area (Å²) in [5, 5.41) is 5.34. The van der Waals surface area contributed by atoms with Crippen LogP contribution < -0.4 is 10.6 Å². The molecule has 1 aliphatic rings. The molecule has 0 spiro atoms. The second kappa shape index (κ2) is 9.15. The molecule has 2 aromatic carbocycles. The van der Waals surface area contributed by atoms with E-state index in [-0.39, 0.29) is 37.0 Å². The van der Waals surface area contributed by atoms with Gasteiger partial charge in [0.2, 0.25) is 11.8 Å². The molecule has 1 aliphatic carbocycles. The lowest BCUT2D eigenvalue weighted by molar-refractivity contribution is -0.124. The van der Waals surface area contributed by atoms with Gasteiger partial charge in [0.1, 0.15) is 0 Å². The largest absolute Gasteiger partial charge is 0.347 e. The van der Waals surface area contributed by atoms with Crippen molar-refractivity contribution in [3.8, 4) is 0 Å². The normalized spacial score (nSPS) is 12.4. The summed E-state index contributed by atoms with van der Waals surface area (Å²) in [4.78, 5) is 36.3. The van der Waals surface area contributed by atoms with Crippen LogP contribution in [0.5, 0.6) is 0 Å². The number of hydrogen-bond acceptors (Lipinski definition) is 3. The Balaban J connectivity index is 1.42. The predicted molar refractivity (Wildman–Crippen MR) is 113 cm³/mol. The van der Waals surface area contributed by atoms with E-state index in [1.165, 1.54) is 11.1 Å². The Kier molecular flexibility index (Phi) is 6.62. The number of carbonyl (C=O) groups is 3. The van der Waals surface area contributed by atoms with Gasteiger partial charge in [-0.15, -0.1) is 0 Å². The van der Waals surface area contributed by atoms with Gasteiger partial charge in [-0.05, 0) is 67.1 Å². The van der Waals surface area contributed by atoms with E-state index in [0.717, 1.165) is 29.3 Å². The monoisotopic (exact) mass is 442 g/mol. The van der Waals surface area contributed by atoms with Gasteiger partial charge in [0, 0.05) is 28.6 Å². The smallest absolute Gasteiger partial charge is 0.243 e. The zero-order valence-electron chi connectivity index (χ0n) is 15.8. The molecular formula is C22H23BrN2O3. The average Bonchev–Trinajstić information content (AvgIpc) is 3.14. The molecule has 0 aliphatic heterocycles. The fourth-order valence-corrected chi connectivity index (χ4v) is 3.82. The van der Waals surface area contributed by atoms with Crippen LogP contribution in [0.2, 0.25) is 0 Å². The van der Waals surface area contributed by atoms with Crippen LogP contribution in [0.4, 0.5) is 5.69 Å². The van der Waals surface area contributed by atoms with Crippen molar-refractivity contribution in [1.29, 1.82) is 0 Å². The Morgan fingerprint density at radius 3 is 2.54 bits per heavy atom. The Bertz CT molecular complexity index is 924. The fraction of sp³-hybridized carbons (Fsp3) is 0.318. The second-order valence-electron chi connectivity index (χ2n) is 7.04.